The van der Waals surface area contributed by atoms with E-state index >= 15 is 0 Å². The van der Waals surface area contributed by atoms with Gasteiger partial charge in [0.05, 0.1) is 18.8 Å². The molecule has 0 aliphatic heterocycles. The summed E-state index contributed by atoms with van der Waals surface area (Å²) in [5, 5.41) is 1.03. The smallest absolute Gasteiger partial charge is 0.139 e. The summed E-state index contributed by atoms with van der Waals surface area (Å²) in [6.45, 7) is 0.758. The minimum absolute atomic E-state index is 0.758. The fourth-order valence-corrected chi connectivity index (χ4v) is 2.30. The van der Waals surface area contributed by atoms with Gasteiger partial charge in [-0.2, -0.15) is 0 Å². The van der Waals surface area contributed by atoms with E-state index in [2.05, 4.69) is 16.0 Å². The first-order valence-corrected chi connectivity index (χ1v) is 6.44. The topological polar surface area (TPSA) is 38.5 Å². The Balaban J connectivity index is 1.88. The molecule has 20 heavy (non-hydrogen) atoms. The molecule has 3 rings (SSSR count). The first-order chi connectivity index (χ1) is 9.78. The van der Waals surface area contributed by atoms with Gasteiger partial charge in [-0.3, -0.25) is 0 Å². The average molecular weight is 268 g/mol. The number of hydrogen-bond acceptors (Lipinski definition) is 4. The molecule has 2 aromatic heterocycles. The van der Waals surface area contributed by atoms with Crippen LogP contribution >= 0.6 is 0 Å². The zero-order valence-electron chi connectivity index (χ0n) is 11.5. The van der Waals surface area contributed by atoms with E-state index in [4.69, 9.17) is 9.15 Å². The number of furan rings is 1. The number of hydrogen-bond donors (Lipinski definition) is 0. The first-order valence-electron chi connectivity index (χ1n) is 6.44. The molecular formula is C16H16N2O2. The highest BCUT2D eigenvalue weighted by atomic mass is 16.5. The maximum absolute atomic E-state index is 5.41. The SMILES string of the molecule is COc1cccc(CN(C)c2nccc3occc23)c1. The second-order valence-corrected chi connectivity index (χ2v) is 4.67. The third kappa shape index (κ3) is 2.32. The zero-order chi connectivity index (χ0) is 13.9. The molecule has 0 saturated carbocycles. The summed E-state index contributed by atoms with van der Waals surface area (Å²) < 4.78 is 10.7. The molecule has 3 aromatic rings. The Kier molecular flexibility index (Phi) is 3.29. The van der Waals surface area contributed by atoms with Crippen LogP contribution in [0.1, 0.15) is 5.56 Å². The molecule has 1 aromatic carbocycles. The number of aromatic nitrogens is 1. The zero-order valence-corrected chi connectivity index (χ0v) is 11.5. The van der Waals surface area contributed by atoms with Gasteiger partial charge in [-0.1, -0.05) is 12.1 Å². The van der Waals surface area contributed by atoms with Crippen molar-refractivity contribution in [2.24, 2.45) is 0 Å². The lowest BCUT2D eigenvalue weighted by atomic mass is 10.2. The lowest BCUT2D eigenvalue weighted by Gasteiger charge is -2.19. The molecule has 4 nitrogen and oxygen atoms in total. The van der Waals surface area contributed by atoms with E-state index in [1.165, 1.54) is 5.56 Å². The number of methoxy groups -OCH3 is 1. The molecule has 4 heteroatoms. The van der Waals surface area contributed by atoms with Gasteiger partial charge in [0, 0.05) is 19.8 Å². The van der Waals surface area contributed by atoms with Crippen molar-refractivity contribution in [3.8, 4) is 5.75 Å². The Morgan fingerprint density at radius 1 is 1.25 bits per heavy atom. The van der Waals surface area contributed by atoms with Gasteiger partial charge in [0.2, 0.25) is 0 Å². The number of pyridine rings is 1. The molecule has 0 N–H and O–H groups in total. The summed E-state index contributed by atoms with van der Waals surface area (Å²) in [6.07, 6.45) is 3.46. The second kappa shape index (κ2) is 5.25. The van der Waals surface area contributed by atoms with Crippen LogP contribution in [-0.2, 0) is 6.54 Å². The largest absolute Gasteiger partial charge is 0.497 e. The minimum atomic E-state index is 0.758. The molecule has 0 aliphatic rings. The van der Waals surface area contributed by atoms with Crippen molar-refractivity contribution in [3.05, 3.63) is 54.4 Å². The maximum Gasteiger partial charge on any atom is 0.139 e. The van der Waals surface area contributed by atoms with Crippen LogP contribution in [0.2, 0.25) is 0 Å². The van der Waals surface area contributed by atoms with Gasteiger partial charge in [0.1, 0.15) is 17.2 Å². The monoisotopic (exact) mass is 268 g/mol. The first kappa shape index (κ1) is 12.5. The van der Waals surface area contributed by atoms with Crippen molar-refractivity contribution in [1.29, 1.82) is 0 Å². The number of rotatable bonds is 4. The Hall–Kier alpha value is -2.49. The molecule has 102 valence electrons. The fraction of sp³-hybridized carbons (Fsp3) is 0.188. The third-order valence-electron chi connectivity index (χ3n) is 3.27. The van der Waals surface area contributed by atoms with Crippen LogP contribution in [-0.4, -0.2) is 19.1 Å². The number of ether oxygens (including phenoxy) is 1. The summed E-state index contributed by atoms with van der Waals surface area (Å²) in [6, 6.07) is 11.9. The van der Waals surface area contributed by atoms with Crippen molar-refractivity contribution in [2.45, 2.75) is 6.54 Å². The van der Waals surface area contributed by atoms with Crippen molar-refractivity contribution in [3.63, 3.8) is 0 Å². The maximum atomic E-state index is 5.41. The van der Waals surface area contributed by atoms with Crippen molar-refractivity contribution in [2.75, 3.05) is 19.1 Å². The van der Waals surface area contributed by atoms with Gasteiger partial charge in [0.25, 0.3) is 0 Å². The molecule has 2 heterocycles. The lowest BCUT2D eigenvalue weighted by molar-refractivity contribution is 0.414. The van der Waals surface area contributed by atoms with Crippen LogP contribution in [0, 0.1) is 0 Å². The van der Waals surface area contributed by atoms with Crippen molar-refractivity contribution in [1.82, 2.24) is 4.98 Å². The predicted molar refractivity (Wildman–Crippen MR) is 79.1 cm³/mol. The van der Waals surface area contributed by atoms with Gasteiger partial charge in [0.15, 0.2) is 0 Å². The molecule has 0 bridgehead atoms. The van der Waals surface area contributed by atoms with E-state index < -0.39 is 0 Å². The highest BCUT2D eigenvalue weighted by Crippen LogP contribution is 2.25. The quantitative estimate of drug-likeness (QED) is 0.726. The molecule has 0 aliphatic carbocycles. The molecule has 0 atom stereocenters. The van der Waals surface area contributed by atoms with E-state index in [1.807, 2.05) is 37.4 Å². The number of benzene rings is 1. The Labute approximate surface area is 117 Å². The molecule has 0 spiro atoms. The minimum Gasteiger partial charge on any atom is -0.497 e. The van der Waals surface area contributed by atoms with Gasteiger partial charge in [-0.15, -0.1) is 0 Å². The van der Waals surface area contributed by atoms with Crippen molar-refractivity contribution < 1.29 is 9.15 Å². The fourth-order valence-electron chi connectivity index (χ4n) is 2.30. The number of anilines is 1. The highest BCUT2D eigenvalue weighted by Gasteiger charge is 2.10. The molecular weight excluding hydrogens is 252 g/mol. The van der Waals surface area contributed by atoms with Gasteiger partial charge >= 0.3 is 0 Å². The second-order valence-electron chi connectivity index (χ2n) is 4.67. The summed E-state index contributed by atoms with van der Waals surface area (Å²) in [7, 11) is 3.70. The summed E-state index contributed by atoms with van der Waals surface area (Å²) in [4.78, 5) is 6.56. The standard InChI is InChI=1S/C16H16N2O2/c1-18(11-12-4-3-5-13(10-12)19-2)16-14-7-9-20-15(14)6-8-17-16/h3-10H,11H2,1-2H3. The Morgan fingerprint density at radius 2 is 2.15 bits per heavy atom. The summed E-state index contributed by atoms with van der Waals surface area (Å²) in [5.74, 6) is 1.78. The normalized spacial score (nSPS) is 10.7. The Bertz CT molecular complexity index is 721. The van der Waals surface area contributed by atoms with E-state index in [1.54, 1.807) is 19.6 Å². The highest BCUT2D eigenvalue weighted by molar-refractivity contribution is 5.88. The van der Waals surface area contributed by atoms with Gasteiger partial charge in [-0.25, -0.2) is 4.98 Å². The average Bonchev–Trinajstić information content (AvgIpc) is 2.95. The number of fused-ring (bicyclic) bond motifs is 1. The molecule has 0 radical (unpaired) electrons. The molecule has 0 fully saturated rings. The van der Waals surface area contributed by atoms with E-state index in [0.717, 1.165) is 29.1 Å². The third-order valence-corrected chi connectivity index (χ3v) is 3.27. The van der Waals surface area contributed by atoms with Crippen LogP contribution < -0.4 is 9.64 Å². The van der Waals surface area contributed by atoms with E-state index in [9.17, 15) is 0 Å². The van der Waals surface area contributed by atoms with Gasteiger partial charge < -0.3 is 14.1 Å². The van der Waals surface area contributed by atoms with Crippen LogP contribution in [0.25, 0.3) is 11.0 Å². The van der Waals surface area contributed by atoms with Crippen LogP contribution in [0.3, 0.4) is 0 Å². The van der Waals surface area contributed by atoms with E-state index in [-0.39, 0.29) is 0 Å². The molecule has 0 saturated heterocycles. The summed E-state index contributed by atoms with van der Waals surface area (Å²) in [5.41, 5.74) is 2.03. The molecule has 0 unspecified atom stereocenters. The Morgan fingerprint density at radius 3 is 3.00 bits per heavy atom. The van der Waals surface area contributed by atoms with Crippen LogP contribution in [0.5, 0.6) is 5.75 Å². The van der Waals surface area contributed by atoms with Crippen molar-refractivity contribution >= 4 is 16.8 Å². The lowest BCUT2D eigenvalue weighted by Crippen LogP contribution is -2.17. The van der Waals surface area contributed by atoms with Crippen LogP contribution in [0.15, 0.2) is 53.3 Å². The molecule has 0 amide bonds. The summed E-state index contributed by atoms with van der Waals surface area (Å²) >= 11 is 0. The number of nitrogens with zero attached hydrogens (tertiary/aromatic N) is 2. The predicted octanol–water partition coefficient (Wildman–Crippen LogP) is 3.47. The van der Waals surface area contributed by atoms with Crippen LogP contribution in [0.4, 0.5) is 5.82 Å². The van der Waals surface area contributed by atoms with Gasteiger partial charge in [-0.05, 0) is 29.8 Å². The van der Waals surface area contributed by atoms with E-state index in [0.29, 0.717) is 0 Å².